The Morgan fingerprint density at radius 1 is 1.06 bits per heavy atom. The van der Waals surface area contributed by atoms with Gasteiger partial charge in [-0.2, -0.15) is 0 Å². The summed E-state index contributed by atoms with van der Waals surface area (Å²) in [7, 11) is 1.63. The summed E-state index contributed by atoms with van der Waals surface area (Å²) in [6.45, 7) is 5.93. The number of hydrogen-bond donors (Lipinski definition) is 2. The summed E-state index contributed by atoms with van der Waals surface area (Å²) in [5, 5.41) is 13.2. The summed E-state index contributed by atoms with van der Waals surface area (Å²) in [5.41, 5.74) is 2.84. The van der Waals surface area contributed by atoms with Gasteiger partial charge in [0.15, 0.2) is 10.9 Å². The molecule has 0 aliphatic carbocycles. The maximum atomic E-state index is 11.2. The number of allylic oxidation sites excluding steroid dienone is 1. The van der Waals surface area contributed by atoms with Crippen LogP contribution in [0.1, 0.15) is 28.5 Å². The molecule has 178 valence electrons. The molecule has 0 radical (unpaired) electrons. The molecule has 2 heterocycles. The number of ether oxygens (including phenoxy) is 2. The van der Waals surface area contributed by atoms with Crippen molar-refractivity contribution in [3.63, 3.8) is 0 Å². The van der Waals surface area contributed by atoms with Crippen molar-refractivity contribution in [3.05, 3.63) is 90.1 Å². The van der Waals surface area contributed by atoms with Gasteiger partial charge in [0.2, 0.25) is 0 Å². The fourth-order valence-electron chi connectivity index (χ4n) is 3.48. The van der Waals surface area contributed by atoms with Gasteiger partial charge >= 0.3 is 5.97 Å². The first kappa shape index (κ1) is 24.0. The van der Waals surface area contributed by atoms with Crippen LogP contribution in [0.4, 0.5) is 11.5 Å². The van der Waals surface area contributed by atoms with Gasteiger partial charge in [-0.25, -0.2) is 14.8 Å². The molecular weight excluding hydrogens is 462 g/mol. The largest absolute Gasteiger partial charge is 0.497 e. The summed E-state index contributed by atoms with van der Waals surface area (Å²) in [4.78, 5) is 21.7. The molecule has 2 N–H and O–H groups in total. The van der Waals surface area contributed by atoms with E-state index in [4.69, 9.17) is 24.5 Å². The lowest BCUT2D eigenvalue weighted by atomic mass is 10.1. The van der Waals surface area contributed by atoms with Crippen molar-refractivity contribution in [1.29, 1.82) is 0 Å². The predicted octanol–water partition coefficient (Wildman–Crippen LogP) is 6.74. The lowest BCUT2D eigenvalue weighted by Crippen LogP contribution is -2.07. The van der Waals surface area contributed by atoms with Gasteiger partial charge in [0.05, 0.1) is 17.6 Å². The number of carbonyl (C=O) groups is 1. The van der Waals surface area contributed by atoms with E-state index in [1.54, 1.807) is 31.4 Å². The predicted molar refractivity (Wildman–Crippen MR) is 138 cm³/mol. The number of carboxylic acid groups (broad SMARTS) is 1. The average molecular weight is 488 g/mol. The highest BCUT2D eigenvalue weighted by Gasteiger charge is 2.16. The molecule has 7 nitrogen and oxygen atoms in total. The molecule has 8 heteroatoms. The van der Waals surface area contributed by atoms with Gasteiger partial charge in [-0.15, -0.1) is 6.58 Å². The number of nitrogens with one attached hydrogen (secondary N) is 1. The second-order valence-corrected chi connectivity index (χ2v) is 8.62. The molecule has 0 unspecified atom stereocenters. The molecule has 0 bridgehead atoms. The van der Waals surface area contributed by atoms with Crippen molar-refractivity contribution in [1.82, 2.24) is 9.97 Å². The van der Waals surface area contributed by atoms with Gasteiger partial charge in [-0.1, -0.05) is 24.3 Å². The van der Waals surface area contributed by atoms with Crippen LogP contribution >= 0.6 is 11.3 Å². The molecule has 4 aromatic rings. The number of benzene rings is 2. The molecule has 0 aliphatic rings. The highest BCUT2D eigenvalue weighted by Crippen LogP contribution is 2.36. The second kappa shape index (κ2) is 10.8. The van der Waals surface area contributed by atoms with E-state index in [0.717, 1.165) is 39.1 Å². The number of aromatic carboxylic acids is 1. The Hall–Kier alpha value is -4.17. The maximum Gasteiger partial charge on any atom is 0.335 e. The second-order valence-electron chi connectivity index (χ2n) is 7.57. The highest BCUT2D eigenvalue weighted by molar-refractivity contribution is 7.17. The van der Waals surface area contributed by atoms with Crippen molar-refractivity contribution < 1.29 is 19.4 Å². The Bertz CT molecular complexity index is 1330. The summed E-state index contributed by atoms with van der Waals surface area (Å²) >= 11 is 1.46. The molecule has 0 saturated heterocycles. The topological polar surface area (TPSA) is 93.6 Å². The van der Waals surface area contributed by atoms with Crippen molar-refractivity contribution in [2.45, 2.75) is 19.8 Å². The summed E-state index contributed by atoms with van der Waals surface area (Å²) < 4.78 is 11.2. The fraction of sp³-hybridized carbons (Fsp3) is 0.148. The van der Waals surface area contributed by atoms with E-state index in [9.17, 15) is 4.79 Å². The first-order chi connectivity index (χ1) is 17.0. The van der Waals surface area contributed by atoms with E-state index in [-0.39, 0.29) is 5.56 Å². The maximum absolute atomic E-state index is 11.2. The van der Waals surface area contributed by atoms with Crippen LogP contribution in [0.15, 0.2) is 73.3 Å². The minimum absolute atomic E-state index is 0.225. The number of hydrogen-bond acceptors (Lipinski definition) is 7. The van der Waals surface area contributed by atoms with E-state index in [0.29, 0.717) is 23.8 Å². The van der Waals surface area contributed by atoms with Gasteiger partial charge in [0.25, 0.3) is 0 Å². The van der Waals surface area contributed by atoms with Gasteiger partial charge < -0.3 is 19.9 Å². The first-order valence-corrected chi connectivity index (χ1v) is 11.9. The zero-order valence-electron chi connectivity index (χ0n) is 19.4. The van der Waals surface area contributed by atoms with Crippen LogP contribution < -0.4 is 14.8 Å². The monoisotopic (exact) mass is 487 g/mol. The van der Waals surface area contributed by atoms with Crippen molar-refractivity contribution >= 4 is 28.8 Å². The Balaban J connectivity index is 1.64. The third-order valence-corrected chi connectivity index (χ3v) is 6.21. The van der Waals surface area contributed by atoms with Crippen LogP contribution in [0.5, 0.6) is 16.6 Å². The van der Waals surface area contributed by atoms with Gasteiger partial charge in [-0.3, -0.25) is 0 Å². The van der Waals surface area contributed by atoms with Crippen LogP contribution in [0, 0.1) is 0 Å². The van der Waals surface area contributed by atoms with E-state index in [1.165, 1.54) is 11.3 Å². The number of methoxy groups -OCH3 is 1. The van der Waals surface area contributed by atoms with Gasteiger partial charge in [-0.05, 0) is 73.5 Å². The summed E-state index contributed by atoms with van der Waals surface area (Å²) in [6, 6.07) is 17.8. The minimum Gasteiger partial charge on any atom is -0.497 e. The van der Waals surface area contributed by atoms with Crippen LogP contribution in [0.25, 0.3) is 10.7 Å². The molecule has 0 aliphatic heterocycles. The number of carboxylic acids is 1. The summed E-state index contributed by atoms with van der Waals surface area (Å²) in [6.07, 6.45) is 3.16. The van der Waals surface area contributed by atoms with E-state index in [1.807, 2.05) is 42.5 Å². The van der Waals surface area contributed by atoms with E-state index in [2.05, 4.69) is 18.8 Å². The molecule has 0 amide bonds. The van der Waals surface area contributed by atoms with Crippen molar-refractivity contribution in [2.75, 3.05) is 12.4 Å². The lowest BCUT2D eigenvalue weighted by molar-refractivity contribution is 0.0697. The van der Waals surface area contributed by atoms with E-state index < -0.39 is 5.97 Å². The Morgan fingerprint density at radius 2 is 1.77 bits per heavy atom. The standard InChI is InChI=1S/C27H25N3O4S/c1-4-6-21-22(5-2)29-26(30-25(21)28-18-9-7-17(8-10-18)27(31)32)23-15-16-24(35-23)34-20-13-11-19(33-3)12-14-20/h4,7-16H,1,5-6H2,2-3H3,(H,31,32)(H,28,29,30). The van der Waals surface area contributed by atoms with Crippen LogP contribution in [0.3, 0.4) is 0 Å². The van der Waals surface area contributed by atoms with Crippen LogP contribution in [-0.4, -0.2) is 28.2 Å². The molecule has 0 atom stereocenters. The Morgan fingerprint density at radius 3 is 2.40 bits per heavy atom. The van der Waals surface area contributed by atoms with Gasteiger partial charge in [0.1, 0.15) is 17.3 Å². The molecule has 0 spiro atoms. The quantitative estimate of drug-likeness (QED) is 0.239. The van der Waals surface area contributed by atoms with Crippen molar-refractivity contribution in [3.8, 4) is 27.3 Å². The smallest absolute Gasteiger partial charge is 0.335 e. The third kappa shape index (κ3) is 5.67. The third-order valence-electron chi connectivity index (χ3n) is 5.25. The number of anilines is 2. The number of aromatic nitrogens is 2. The zero-order chi connectivity index (χ0) is 24.8. The van der Waals surface area contributed by atoms with E-state index >= 15 is 0 Å². The molecule has 0 fully saturated rings. The SMILES string of the molecule is C=CCc1c(CC)nc(-c2ccc(Oc3ccc(OC)cc3)s2)nc1Nc1ccc(C(=O)O)cc1. The van der Waals surface area contributed by atoms with Crippen LogP contribution in [0.2, 0.25) is 0 Å². The normalized spacial score (nSPS) is 10.6. The zero-order valence-corrected chi connectivity index (χ0v) is 20.3. The first-order valence-electron chi connectivity index (χ1n) is 11.0. The molecule has 4 rings (SSSR count). The molecule has 2 aromatic heterocycles. The molecule has 0 saturated carbocycles. The Kier molecular flexibility index (Phi) is 7.42. The molecule has 35 heavy (non-hydrogen) atoms. The number of aryl methyl sites for hydroxylation is 1. The molecule has 2 aromatic carbocycles. The van der Waals surface area contributed by atoms with Gasteiger partial charge in [0, 0.05) is 16.9 Å². The summed E-state index contributed by atoms with van der Waals surface area (Å²) in [5.74, 6) is 1.77. The number of nitrogens with zero attached hydrogens (tertiary/aromatic N) is 2. The molecular formula is C27H25N3O4S. The fourth-order valence-corrected chi connectivity index (χ4v) is 4.29. The minimum atomic E-state index is -0.966. The number of thiophene rings is 1. The van der Waals surface area contributed by atoms with Crippen LogP contribution in [-0.2, 0) is 12.8 Å². The highest BCUT2D eigenvalue weighted by atomic mass is 32.1. The Labute approximate surface area is 207 Å². The lowest BCUT2D eigenvalue weighted by Gasteiger charge is -2.15. The van der Waals surface area contributed by atoms with Crippen molar-refractivity contribution in [2.24, 2.45) is 0 Å². The number of rotatable bonds is 10. The average Bonchev–Trinajstić information content (AvgIpc) is 3.34.